The highest BCUT2D eigenvalue weighted by Crippen LogP contribution is 2.48. The summed E-state index contributed by atoms with van der Waals surface area (Å²) < 4.78 is 35.2. The number of fused-ring (bicyclic) bond motifs is 1. The molecule has 2 nitrogen and oxygen atoms in total. The van der Waals surface area contributed by atoms with Crippen LogP contribution in [0.4, 0.5) is 8.78 Å². The van der Waals surface area contributed by atoms with Crippen LogP contribution < -0.4 is 0 Å². The van der Waals surface area contributed by atoms with E-state index in [-0.39, 0.29) is 11.5 Å². The van der Waals surface area contributed by atoms with Gasteiger partial charge in [0.25, 0.3) is 0 Å². The minimum Gasteiger partial charge on any atom is -0.475 e. The van der Waals surface area contributed by atoms with Gasteiger partial charge in [-0.15, -0.1) is 0 Å². The SMILES string of the molecule is CCC1CC[C@@H]2C[C@H](c3ccc(-c4cc(F)c(C5=NC(C)(C)CO5)c(F)c4)cc3)CC[C@@H]2C1. The largest absolute Gasteiger partial charge is 0.475 e. The Morgan fingerprint density at radius 2 is 1.58 bits per heavy atom. The van der Waals surface area contributed by atoms with Crippen molar-refractivity contribution in [2.45, 2.75) is 77.2 Å². The highest BCUT2D eigenvalue weighted by Gasteiger charge is 2.35. The van der Waals surface area contributed by atoms with Crippen molar-refractivity contribution in [2.24, 2.45) is 22.7 Å². The first-order valence-corrected chi connectivity index (χ1v) is 12.7. The fourth-order valence-corrected chi connectivity index (χ4v) is 6.26. The van der Waals surface area contributed by atoms with Crippen LogP contribution in [0.1, 0.15) is 82.8 Å². The smallest absolute Gasteiger partial charge is 0.222 e. The number of hydrogen-bond acceptors (Lipinski definition) is 2. The summed E-state index contributed by atoms with van der Waals surface area (Å²) in [4.78, 5) is 4.33. The summed E-state index contributed by atoms with van der Waals surface area (Å²) in [7, 11) is 0. The van der Waals surface area contributed by atoms with Gasteiger partial charge in [0.2, 0.25) is 5.90 Å². The Labute approximate surface area is 196 Å². The molecule has 1 heterocycles. The summed E-state index contributed by atoms with van der Waals surface area (Å²) in [6, 6.07) is 11.1. The third-order valence-corrected chi connectivity index (χ3v) is 8.24. The third kappa shape index (κ3) is 4.58. The van der Waals surface area contributed by atoms with E-state index in [4.69, 9.17) is 4.74 Å². The van der Waals surface area contributed by atoms with Crippen molar-refractivity contribution in [1.29, 1.82) is 0 Å². The first-order valence-electron chi connectivity index (χ1n) is 12.7. The minimum atomic E-state index is -0.633. The Morgan fingerprint density at radius 3 is 2.21 bits per heavy atom. The van der Waals surface area contributed by atoms with E-state index in [1.165, 1.54) is 62.6 Å². The van der Waals surface area contributed by atoms with E-state index < -0.39 is 17.2 Å². The molecular weight excluding hydrogens is 416 g/mol. The van der Waals surface area contributed by atoms with Gasteiger partial charge in [0, 0.05) is 0 Å². The molecule has 33 heavy (non-hydrogen) atoms. The summed E-state index contributed by atoms with van der Waals surface area (Å²) in [5.74, 6) is 2.12. The Kier molecular flexibility index (Phi) is 6.05. The van der Waals surface area contributed by atoms with E-state index >= 15 is 0 Å². The summed E-state index contributed by atoms with van der Waals surface area (Å²) in [5.41, 5.74) is 2.10. The number of ether oxygens (including phenoxy) is 1. The number of aliphatic imine (C=N–C) groups is 1. The van der Waals surface area contributed by atoms with Crippen LogP contribution in [-0.2, 0) is 4.74 Å². The zero-order valence-corrected chi connectivity index (χ0v) is 20.0. The van der Waals surface area contributed by atoms with E-state index in [0.29, 0.717) is 18.1 Å². The number of nitrogens with zero attached hydrogens (tertiary/aromatic N) is 1. The summed E-state index contributed by atoms with van der Waals surface area (Å²) in [6.07, 6.45) is 9.42. The topological polar surface area (TPSA) is 21.6 Å². The molecule has 0 N–H and O–H groups in total. The van der Waals surface area contributed by atoms with E-state index in [9.17, 15) is 8.78 Å². The van der Waals surface area contributed by atoms with E-state index in [2.05, 4.69) is 24.0 Å². The fourth-order valence-electron chi connectivity index (χ4n) is 6.26. The summed E-state index contributed by atoms with van der Waals surface area (Å²) in [6.45, 7) is 6.43. The van der Waals surface area contributed by atoms with Crippen LogP contribution in [0.25, 0.3) is 11.1 Å². The standard InChI is InChI=1S/C29H35F2NO/c1-4-18-5-6-23-14-22(12-11-21(23)13-18)19-7-9-20(10-8-19)24-15-25(30)27(26(31)16-24)28-32-29(2,3)17-33-28/h7-10,15-16,18,21-23H,4-6,11-14,17H2,1-3H3/t18?,21-,22-,23-/m1/s1. The zero-order chi connectivity index (χ0) is 23.2. The highest BCUT2D eigenvalue weighted by atomic mass is 19.1. The van der Waals surface area contributed by atoms with Crippen molar-refractivity contribution >= 4 is 5.90 Å². The first-order chi connectivity index (χ1) is 15.8. The van der Waals surface area contributed by atoms with Crippen LogP contribution >= 0.6 is 0 Å². The predicted octanol–water partition coefficient (Wildman–Crippen LogP) is 7.90. The molecule has 0 bridgehead atoms. The Morgan fingerprint density at radius 1 is 0.909 bits per heavy atom. The van der Waals surface area contributed by atoms with Gasteiger partial charge in [-0.05, 0) is 98.4 Å². The third-order valence-electron chi connectivity index (χ3n) is 8.24. The van der Waals surface area contributed by atoms with Crippen molar-refractivity contribution in [1.82, 2.24) is 0 Å². The molecule has 1 aliphatic heterocycles. The molecule has 2 aromatic rings. The molecule has 0 aromatic heterocycles. The fraction of sp³-hybridized carbons (Fsp3) is 0.552. The van der Waals surface area contributed by atoms with E-state index in [0.717, 1.165) is 23.3 Å². The molecule has 3 aliphatic rings. The Hall–Kier alpha value is -2.23. The van der Waals surface area contributed by atoms with Crippen LogP contribution in [0.3, 0.4) is 0 Å². The minimum absolute atomic E-state index is 0.0560. The number of hydrogen-bond donors (Lipinski definition) is 0. The number of halogens is 2. The van der Waals surface area contributed by atoms with Gasteiger partial charge in [-0.2, -0.15) is 0 Å². The monoisotopic (exact) mass is 451 g/mol. The summed E-state index contributed by atoms with van der Waals surface area (Å²) >= 11 is 0. The molecule has 0 saturated heterocycles. The van der Waals surface area contributed by atoms with Gasteiger partial charge < -0.3 is 4.74 Å². The van der Waals surface area contributed by atoms with Crippen molar-refractivity contribution < 1.29 is 13.5 Å². The highest BCUT2D eigenvalue weighted by molar-refractivity contribution is 5.96. The molecule has 4 heteroatoms. The lowest BCUT2D eigenvalue weighted by Gasteiger charge is -2.42. The number of rotatable bonds is 4. The molecule has 5 rings (SSSR count). The number of benzene rings is 2. The van der Waals surface area contributed by atoms with Gasteiger partial charge in [-0.1, -0.05) is 44.0 Å². The van der Waals surface area contributed by atoms with Crippen LogP contribution in [-0.4, -0.2) is 18.0 Å². The average Bonchev–Trinajstić information content (AvgIpc) is 3.17. The summed E-state index contributed by atoms with van der Waals surface area (Å²) in [5, 5.41) is 0. The predicted molar refractivity (Wildman–Crippen MR) is 130 cm³/mol. The van der Waals surface area contributed by atoms with Crippen molar-refractivity contribution in [3.8, 4) is 11.1 Å². The molecule has 176 valence electrons. The molecule has 0 amide bonds. The molecule has 2 aromatic carbocycles. The molecule has 0 spiro atoms. The second-order valence-electron chi connectivity index (χ2n) is 11.1. The maximum atomic E-state index is 14.9. The Balaban J connectivity index is 1.31. The quantitative estimate of drug-likeness (QED) is 0.463. The molecule has 2 saturated carbocycles. The van der Waals surface area contributed by atoms with Crippen molar-refractivity contribution in [3.63, 3.8) is 0 Å². The molecule has 4 atom stereocenters. The van der Waals surface area contributed by atoms with Crippen LogP contribution in [0.15, 0.2) is 41.4 Å². The second-order valence-corrected chi connectivity index (χ2v) is 11.1. The maximum absolute atomic E-state index is 14.9. The lowest BCUT2D eigenvalue weighted by molar-refractivity contribution is 0.116. The van der Waals surface area contributed by atoms with Crippen molar-refractivity contribution in [3.05, 3.63) is 59.2 Å². The lowest BCUT2D eigenvalue weighted by Crippen LogP contribution is -2.30. The van der Waals surface area contributed by atoms with Gasteiger partial charge in [0.1, 0.15) is 23.8 Å². The van der Waals surface area contributed by atoms with Gasteiger partial charge >= 0.3 is 0 Å². The van der Waals surface area contributed by atoms with Gasteiger partial charge in [0.05, 0.1) is 5.54 Å². The normalized spacial score (nSPS) is 28.7. The molecule has 2 fully saturated rings. The van der Waals surface area contributed by atoms with Crippen LogP contribution in [0, 0.1) is 29.4 Å². The van der Waals surface area contributed by atoms with Gasteiger partial charge in [-0.25, -0.2) is 13.8 Å². The Bertz CT molecular complexity index is 1020. The second kappa shape index (κ2) is 8.85. The van der Waals surface area contributed by atoms with Crippen molar-refractivity contribution in [2.75, 3.05) is 6.61 Å². The first kappa shape index (κ1) is 22.6. The molecular formula is C29H35F2NO. The van der Waals surface area contributed by atoms with E-state index in [1.807, 2.05) is 26.0 Å². The van der Waals surface area contributed by atoms with Crippen LogP contribution in [0.5, 0.6) is 0 Å². The van der Waals surface area contributed by atoms with Gasteiger partial charge in [0.15, 0.2) is 0 Å². The molecule has 1 unspecified atom stereocenters. The van der Waals surface area contributed by atoms with Gasteiger partial charge in [-0.3, -0.25) is 0 Å². The molecule has 0 radical (unpaired) electrons. The molecule has 2 aliphatic carbocycles. The maximum Gasteiger partial charge on any atom is 0.222 e. The van der Waals surface area contributed by atoms with Crippen LogP contribution in [0.2, 0.25) is 0 Å². The zero-order valence-electron chi connectivity index (χ0n) is 20.0. The average molecular weight is 452 g/mol. The lowest BCUT2D eigenvalue weighted by atomic mass is 9.63. The van der Waals surface area contributed by atoms with E-state index in [1.54, 1.807) is 0 Å².